The first-order valence-electron chi connectivity index (χ1n) is 8.09. The highest BCUT2D eigenvalue weighted by atomic mass is 32.1. The molecule has 0 saturated heterocycles. The van der Waals surface area contributed by atoms with E-state index < -0.39 is 5.91 Å². The van der Waals surface area contributed by atoms with Crippen molar-refractivity contribution in [2.24, 2.45) is 5.73 Å². The quantitative estimate of drug-likeness (QED) is 0.895. The molecule has 2 aromatic rings. The van der Waals surface area contributed by atoms with E-state index in [2.05, 4.69) is 23.7 Å². The Morgan fingerprint density at radius 2 is 2.21 bits per heavy atom. The first kappa shape index (κ1) is 16.5. The molecule has 5 nitrogen and oxygen atoms in total. The number of nitrogens with two attached hydrogens (primary N) is 1. The lowest BCUT2D eigenvalue weighted by Crippen LogP contribution is -2.44. The molecule has 0 aliphatic carbocycles. The number of carbonyl (C=O) groups excluding carboxylic acids is 2. The van der Waals surface area contributed by atoms with Gasteiger partial charge < -0.3 is 16.0 Å². The Morgan fingerprint density at radius 3 is 2.96 bits per heavy atom. The van der Waals surface area contributed by atoms with Crippen molar-refractivity contribution in [1.29, 1.82) is 0 Å². The van der Waals surface area contributed by atoms with Crippen molar-refractivity contribution >= 4 is 23.3 Å². The lowest BCUT2D eigenvalue weighted by molar-refractivity contribution is 0.1000. The van der Waals surface area contributed by atoms with Crippen LogP contribution in [0.1, 0.15) is 45.7 Å². The molecule has 3 amide bonds. The van der Waals surface area contributed by atoms with Gasteiger partial charge in [0.15, 0.2) is 0 Å². The Bertz CT molecular complexity index is 756. The van der Waals surface area contributed by atoms with Gasteiger partial charge >= 0.3 is 6.03 Å². The predicted octanol–water partition coefficient (Wildman–Crippen LogP) is 3.07. The second-order valence-electron chi connectivity index (χ2n) is 5.89. The average Bonchev–Trinajstić information content (AvgIpc) is 3.07. The van der Waals surface area contributed by atoms with Gasteiger partial charge in [0.25, 0.3) is 0 Å². The number of nitrogens with zero attached hydrogens (tertiary/aromatic N) is 1. The lowest BCUT2D eigenvalue weighted by Gasteiger charge is -2.35. The largest absolute Gasteiger partial charge is 0.366 e. The third kappa shape index (κ3) is 3.28. The van der Waals surface area contributed by atoms with Crippen LogP contribution in [0.5, 0.6) is 0 Å². The summed E-state index contributed by atoms with van der Waals surface area (Å²) in [6.07, 6.45) is 1.81. The predicted molar refractivity (Wildman–Crippen MR) is 95.0 cm³/mol. The molecule has 1 aliphatic rings. The summed E-state index contributed by atoms with van der Waals surface area (Å²) in [5, 5.41) is 5.06. The molecular formula is C18H21N3O2S. The first-order chi connectivity index (χ1) is 11.6. The number of thiophene rings is 1. The van der Waals surface area contributed by atoms with Crippen LogP contribution in [0.15, 0.2) is 35.7 Å². The summed E-state index contributed by atoms with van der Waals surface area (Å²) in [4.78, 5) is 27.2. The second kappa shape index (κ2) is 7.05. The van der Waals surface area contributed by atoms with Crippen molar-refractivity contribution in [3.8, 4) is 0 Å². The molecule has 6 heteroatoms. The van der Waals surface area contributed by atoms with E-state index in [1.165, 1.54) is 10.4 Å². The fraction of sp³-hybridized carbons (Fsp3) is 0.333. The van der Waals surface area contributed by atoms with Gasteiger partial charge in [-0.15, -0.1) is 11.3 Å². The number of hydrogen-bond donors (Lipinski definition) is 2. The van der Waals surface area contributed by atoms with Crippen LogP contribution in [0.25, 0.3) is 0 Å². The number of rotatable bonds is 4. The van der Waals surface area contributed by atoms with Crippen molar-refractivity contribution in [3.63, 3.8) is 0 Å². The summed E-state index contributed by atoms with van der Waals surface area (Å²) in [6.45, 7) is 3.22. The average molecular weight is 343 g/mol. The number of nitrogens with one attached hydrogen (secondary N) is 1. The minimum atomic E-state index is -0.463. The van der Waals surface area contributed by atoms with Crippen molar-refractivity contribution in [2.75, 3.05) is 6.54 Å². The fourth-order valence-corrected chi connectivity index (χ4v) is 4.12. The second-order valence-corrected chi connectivity index (χ2v) is 6.89. The molecule has 2 heterocycles. The Hall–Kier alpha value is -2.34. The molecule has 0 unspecified atom stereocenters. The third-order valence-corrected chi connectivity index (χ3v) is 5.39. The molecule has 126 valence electrons. The summed E-state index contributed by atoms with van der Waals surface area (Å²) < 4.78 is 0. The van der Waals surface area contributed by atoms with Crippen molar-refractivity contribution < 1.29 is 9.59 Å². The van der Waals surface area contributed by atoms with E-state index >= 15 is 0 Å². The number of amides is 3. The van der Waals surface area contributed by atoms with Gasteiger partial charge in [-0.3, -0.25) is 4.79 Å². The zero-order valence-corrected chi connectivity index (χ0v) is 14.4. The zero-order chi connectivity index (χ0) is 17.1. The molecule has 0 bridgehead atoms. The molecule has 1 aromatic carbocycles. The number of hydrogen-bond acceptors (Lipinski definition) is 3. The number of fused-ring (bicyclic) bond motifs is 1. The normalized spacial score (nSPS) is 16.5. The molecule has 1 aliphatic heterocycles. The molecule has 3 N–H and O–H groups in total. The molecule has 0 saturated carbocycles. The zero-order valence-electron chi connectivity index (χ0n) is 13.6. The van der Waals surface area contributed by atoms with Crippen LogP contribution < -0.4 is 11.1 Å². The topological polar surface area (TPSA) is 75.4 Å². The molecule has 0 radical (unpaired) electrons. The smallest absolute Gasteiger partial charge is 0.318 e. The Labute approximate surface area is 145 Å². The van der Waals surface area contributed by atoms with E-state index in [-0.39, 0.29) is 12.1 Å². The SMILES string of the molecule is CC[C@H]1c2ccsc2CCN1C(=O)NCc1cccc(C(N)=O)c1. The van der Waals surface area contributed by atoms with Crippen LogP contribution in [0.3, 0.4) is 0 Å². The maximum Gasteiger partial charge on any atom is 0.318 e. The van der Waals surface area contributed by atoms with Gasteiger partial charge in [-0.1, -0.05) is 19.1 Å². The maximum absolute atomic E-state index is 12.6. The molecule has 1 atom stereocenters. The van der Waals surface area contributed by atoms with Gasteiger partial charge in [-0.25, -0.2) is 4.79 Å². The van der Waals surface area contributed by atoms with E-state index in [0.29, 0.717) is 12.1 Å². The van der Waals surface area contributed by atoms with Crippen LogP contribution in [-0.4, -0.2) is 23.4 Å². The van der Waals surface area contributed by atoms with E-state index in [1.54, 1.807) is 29.5 Å². The Balaban J connectivity index is 1.67. The number of benzene rings is 1. The Morgan fingerprint density at radius 1 is 1.38 bits per heavy atom. The highest BCUT2D eigenvalue weighted by Crippen LogP contribution is 2.35. The third-order valence-electron chi connectivity index (χ3n) is 4.40. The van der Waals surface area contributed by atoms with E-state index in [4.69, 9.17) is 5.73 Å². The van der Waals surface area contributed by atoms with Gasteiger partial charge in [-0.05, 0) is 47.5 Å². The van der Waals surface area contributed by atoms with Crippen molar-refractivity contribution in [3.05, 3.63) is 57.3 Å². The highest BCUT2D eigenvalue weighted by molar-refractivity contribution is 7.10. The summed E-state index contributed by atoms with van der Waals surface area (Å²) in [5.74, 6) is -0.463. The Kier molecular flexibility index (Phi) is 4.85. The molecule has 3 rings (SSSR count). The molecule has 0 spiro atoms. The summed E-state index contributed by atoms with van der Waals surface area (Å²) >= 11 is 1.77. The minimum Gasteiger partial charge on any atom is -0.366 e. The van der Waals surface area contributed by atoms with Crippen LogP contribution in [-0.2, 0) is 13.0 Å². The molecule has 0 fully saturated rings. The maximum atomic E-state index is 12.6. The van der Waals surface area contributed by atoms with E-state index in [9.17, 15) is 9.59 Å². The first-order valence-corrected chi connectivity index (χ1v) is 8.97. The van der Waals surface area contributed by atoms with Gasteiger partial charge in [0.1, 0.15) is 0 Å². The van der Waals surface area contributed by atoms with Gasteiger partial charge in [0.2, 0.25) is 5.91 Å². The summed E-state index contributed by atoms with van der Waals surface area (Å²) in [7, 11) is 0. The summed E-state index contributed by atoms with van der Waals surface area (Å²) in [6, 6.07) is 9.23. The van der Waals surface area contributed by atoms with Crippen LogP contribution in [0.4, 0.5) is 4.79 Å². The lowest BCUT2D eigenvalue weighted by atomic mass is 9.98. The van der Waals surface area contributed by atoms with Crippen molar-refractivity contribution in [2.45, 2.75) is 32.4 Å². The summed E-state index contributed by atoms with van der Waals surface area (Å²) in [5.41, 5.74) is 7.89. The van der Waals surface area contributed by atoms with Crippen LogP contribution in [0.2, 0.25) is 0 Å². The molecule has 24 heavy (non-hydrogen) atoms. The number of primary amides is 1. The highest BCUT2D eigenvalue weighted by Gasteiger charge is 2.30. The fourth-order valence-electron chi connectivity index (χ4n) is 3.19. The molecule has 1 aromatic heterocycles. The molecular weight excluding hydrogens is 322 g/mol. The monoisotopic (exact) mass is 343 g/mol. The van der Waals surface area contributed by atoms with Crippen LogP contribution in [0, 0.1) is 0 Å². The van der Waals surface area contributed by atoms with Crippen LogP contribution >= 0.6 is 11.3 Å². The number of urea groups is 1. The van der Waals surface area contributed by atoms with Gasteiger partial charge in [0.05, 0.1) is 6.04 Å². The van der Waals surface area contributed by atoms with Gasteiger partial charge in [0, 0.05) is 23.5 Å². The van der Waals surface area contributed by atoms with E-state index in [0.717, 1.165) is 24.9 Å². The van der Waals surface area contributed by atoms with E-state index in [1.807, 2.05) is 11.0 Å². The standard InChI is InChI=1S/C18H21N3O2S/c1-2-15-14-7-9-24-16(14)6-8-21(15)18(23)20-11-12-4-3-5-13(10-12)17(19)22/h3-5,7,9-10,15H,2,6,8,11H2,1H3,(H2,19,22)(H,20,23)/t15-/m0/s1. The van der Waals surface area contributed by atoms with Gasteiger partial charge in [-0.2, -0.15) is 0 Å². The minimum absolute atomic E-state index is 0.0665. The number of carbonyl (C=O) groups is 2. The van der Waals surface area contributed by atoms with Crippen molar-refractivity contribution in [1.82, 2.24) is 10.2 Å².